The smallest absolute Gasteiger partial charge is 0.339 e. The molecule has 0 spiro atoms. The number of para-hydroxylation sites is 1. The Bertz CT molecular complexity index is 1090. The monoisotopic (exact) mass is 367 g/mol. The molecule has 1 N–H and O–H groups in total. The van der Waals surface area contributed by atoms with Gasteiger partial charge in [0.25, 0.3) is 0 Å². The molecule has 6 nitrogen and oxygen atoms in total. The Morgan fingerprint density at radius 1 is 1.19 bits per heavy atom. The number of pyridine rings is 1. The molecule has 4 rings (SSSR count). The summed E-state index contributed by atoms with van der Waals surface area (Å²) in [6, 6.07) is 14.3. The van der Waals surface area contributed by atoms with Crippen molar-refractivity contribution in [2.45, 2.75) is 0 Å². The maximum absolute atomic E-state index is 12.1. The number of hydrogen-bond donors (Lipinski definition) is 1. The molecule has 0 bridgehead atoms. The lowest BCUT2D eigenvalue weighted by atomic mass is 10.1. The Labute approximate surface area is 154 Å². The molecule has 0 unspecified atom stereocenters. The highest BCUT2D eigenvalue weighted by molar-refractivity contribution is 6.30. The number of esters is 1. The molecule has 0 atom stereocenters. The van der Waals surface area contributed by atoms with E-state index in [0.29, 0.717) is 39.2 Å². The number of halogens is 1. The van der Waals surface area contributed by atoms with Gasteiger partial charge in [0.1, 0.15) is 17.2 Å². The van der Waals surface area contributed by atoms with Crippen molar-refractivity contribution in [3.05, 3.63) is 71.6 Å². The molecule has 0 aliphatic heterocycles. The summed E-state index contributed by atoms with van der Waals surface area (Å²) in [7, 11) is 1.35. The Kier molecular flexibility index (Phi) is 4.10. The summed E-state index contributed by atoms with van der Waals surface area (Å²) in [4.78, 5) is 16.7. The zero-order chi connectivity index (χ0) is 18.1. The van der Waals surface area contributed by atoms with Crippen LogP contribution in [0.4, 0.5) is 11.5 Å². The molecule has 3 heterocycles. The third kappa shape index (κ3) is 2.80. The molecule has 3 aromatic heterocycles. The molecule has 0 radical (unpaired) electrons. The maximum Gasteiger partial charge on any atom is 0.339 e. The van der Waals surface area contributed by atoms with Crippen LogP contribution in [0, 0.1) is 0 Å². The number of carbonyl (C=O) groups is 1. The predicted molar refractivity (Wildman–Crippen MR) is 99.0 cm³/mol. The van der Waals surface area contributed by atoms with Crippen molar-refractivity contribution in [3.63, 3.8) is 0 Å². The number of aromatic nitrogens is 2. The van der Waals surface area contributed by atoms with Crippen LogP contribution in [0.2, 0.25) is 5.02 Å². The number of nitrogens with zero attached hydrogens (tertiary/aromatic N) is 2. The van der Waals surface area contributed by atoms with Gasteiger partial charge in [0.2, 0.25) is 0 Å². The van der Waals surface area contributed by atoms with E-state index in [4.69, 9.17) is 20.8 Å². The molecular formula is C19H14ClN3O3. The zero-order valence-corrected chi connectivity index (χ0v) is 14.5. The topological polar surface area (TPSA) is 68.8 Å². The highest BCUT2D eigenvalue weighted by atomic mass is 35.5. The second kappa shape index (κ2) is 6.57. The zero-order valence-electron chi connectivity index (χ0n) is 13.8. The Balaban J connectivity index is 1.90. The van der Waals surface area contributed by atoms with E-state index in [1.807, 2.05) is 22.6 Å². The number of carbonyl (C=O) groups excluding carboxylic acids is 1. The molecule has 26 heavy (non-hydrogen) atoms. The van der Waals surface area contributed by atoms with Crippen molar-refractivity contribution in [2.75, 3.05) is 12.4 Å². The van der Waals surface area contributed by atoms with E-state index in [0.717, 1.165) is 0 Å². The number of anilines is 2. The fraction of sp³-hybridized carbons (Fsp3) is 0.0526. The van der Waals surface area contributed by atoms with Gasteiger partial charge in [0.15, 0.2) is 5.76 Å². The number of furan rings is 1. The summed E-state index contributed by atoms with van der Waals surface area (Å²) in [5, 5.41) is 3.84. The number of rotatable bonds is 4. The van der Waals surface area contributed by atoms with Gasteiger partial charge in [0, 0.05) is 6.20 Å². The minimum absolute atomic E-state index is 0.414. The number of benzene rings is 1. The van der Waals surface area contributed by atoms with Gasteiger partial charge >= 0.3 is 5.97 Å². The van der Waals surface area contributed by atoms with Gasteiger partial charge in [-0.25, -0.2) is 9.78 Å². The lowest BCUT2D eigenvalue weighted by Crippen LogP contribution is -2.06. The second-order valence-electron chi connectivity index (χ2n) is 5.52. The van der Waals surface area contributed by atoms with Crippen LogP contribution < -0.4 is 5.32 Å². The maximum atomic E-state index is 12.1. The first-order chi connectivity index (χ1) is 12.7. The van der Waals surface area contributed by atoms with Gasteiger partial charge in [-0.05, 0) is 36.4 Å². The molecule has 0 aliphatic carbocycles. The largest absolute Gasteiger partial charge is 0.465 e. The highest BCUT2D eigenvalue weighted by Crippen LogP contribution is 2.33. The summed E-state index contributed by atoms with van der Waals surface area (Å²) in [5.41, 5.74) is 2.31. The molecule has 0 amide bonds. The van der Waals surface area contributed by atoms with E-state index in [9.17, 15) is 4.79 Å². The van der Waals surface area contributed by atoms with E-state index in [2.05, 4.69) is 10.3 Å². The van der Waals surface area contributed by atoms with Crippen molar-refractivity contribution < 1.29 is 13.9 Å². The molecule has 1 aromatic carbocycles. The van der Waals surface area contributed by atoms with Crippen molar-refractivity contribution in [3.8, 4) is 11.5 Å². The summed E-state index contributed by atoms with van der Waals surface area (Å²) in [5.74, 6) is 0.802. The number of fused-ring (bicyclic) bond motifs is 1. The van der Waals surface area contributed by atoms with Gasteiger partial charge in [-0.15, -0.1) is 0 Å². The standard InChI is InChI=1S/C19H14ClN3O3/c1-25-19(24)13-5-2-3-6-14(13)21-18-17(15-7-4-10-26-15)22-16-9-8-12(20)11-23(16)18/h2-11,21H,1H3. The molecular weight excluding hydrogens is 354 g/mol. The van der Waals surface area contributed by atoms with Gasteiger partial charge in [-0.1, -0.05) is 23.7 Å². The first-order valence-electron chi connectivity index (χ1n) is 7.83. The Morgan fingerprint density at radius 2 is 2.04 bits per heavy atom. The third-order valence-corrected chi connectivity index (χ3v) is 4.15. The molecule has 130 valence electrons. The van der Waals surface area contributed by atoms with Gasteiger partial charge in [0.05, 0.1) is 29.6 Å². The van der Waals surface area contributed by atoms with Crippen LogP contribution >= 0.6 is 11.6 Å². The minimum Gasteiger partial charge on any atom is -0.465 e. The molecule has 4 aromatic rings. The van der Waals surface area contributed by atoms with E-state index in [1.54, 1.807) is 42.8 Å². The van der Waals surface area contributed by atoms with Gasteiger partial charge < -0.3 is 14.5 Å². The average Bonchev–Trinajstić information content (AvgIpc) is 3.30. The van der Waals surface area contributed by atoms with Crippen molar-refractivity contribution in [1.82, 2.24) is 9.38 Å². The number of imidazole rings is 1. The van der Waals surface area contributed by atoms with Crippen molar-refractivity contribution in [1.29, 1.82) is 0 Å². The normalized spacial score (nSPS) is 10.8. The fourth-order valence-electron chi connectivity index (χ4n) is 2.73. The lowest BCUT2D eigenvalue weighted by molar-refractivity contribution is 0.0602. The predicted octanol–water partition coefficient (Wildman–Crippen LogP) is 4.78. The number of methoxy groups -OCH3 is 1. The third-order valence-electron chi connectivity index (χ3n) is 3.92. The Hall–Kier alpha value is -3.25. The van der Waals surface area contributed by atoms with Crippen molar-refractivity contribution in [2.24, 2.45) is 0 Å². The molecule has 0 saturated heterocycles. The number of hydrogen-bond acceptors (Lipinski definition) is 5. The van der Waals surface area contributed by atoms with Crippen LogP contribution in [0.5, 0.6) is 0 Å². The minimum atomic E-state index is -0.431. The average molecular weight is 368 g/mol. The SMILES string of the molecule is COC(=O)c1ccccc1Nc1c(-c2ccco2)nc2ccc(Cl)cn12. The summed E-state index contributed by atoms with van der Waals surface area (Å²) >= 11 is 6.16. The first kappa shape index (κ1) is 16.2. The molecule has 0 aliphatic rings. The molecule has 0 saturated carbocycles. The Morgan fingerprint density at radius 3 is 2.81 bits per heavy atom. The first-order valence-corrected chi connectivity index (χ1v) is 8.21. The van der Waals surface area contributed by atoms with Gasteiger partial charge in [-0.3, -0.25) is 4.40 Å². The fourth-order valence-corrected chi connectivity index (χ4v) is 2.89. The number of ether oxygens (including phenoxy) is 1. The van der Waals surface area contributed by atoms with Crippen LogP contribution in [-0.4, -0.2) is 22.5 Å². The summed E-state index contributed by atoms with van der Waals surface area (Å²) in [6.07, 6.45) is 3.33. The quantitative estimate of drug-likeness (QED) is 0.526. The van der Waals surface area contributed by atoms with Crippen molar-refractivity contribution >= 4 is 34.7 Å². The molecule has 7 heteroatoms. The van der Waals surface area contributed by atoms with E-state index in [1.165, 1.54) is 7.11 Å². The van der Waals surface area contributed by atoms with E-state index < -0.39 is 5.97 Å². The molecule has 0 fully saturated rings. The van der Waals surface area contributed by atoms with Crippen LogP contribution in [0.25, 0.3) is 17.1 Å². The second-order valence-corrected chi connectivity index (χ2v) is 5.96. The van der Waals surface area contributed by atoms with Gasteiger partial charge in [-0.2, -0.15) is 0 Å². The van der Waals surface area contributed by atoms with Crippen LogP contribution in [0.15, 0.2) is 65.4 Å². The van der Waals surface area contributed by atoms with Crippen LogP contribution in [0.3, 0.4) is 0 Å². The summed E-state index contributed by atoms with van der Waals surface area (Å²) < 4.78 is 12.2. The van der Waals surface area contributed by atoms with E-state index >= 15 is 0 Å². The lowest BCUT2D eigenvalue weighted by Gasteiger charge is -2.11. The number of nitrogens with one attached hydrogen (secondary N) is 1. The summed E-state index contributed by atoms with van der Waals surface area (Å²) in [6.45, 7) is 0. The van der Waals surface area contributed by atoms with Crippen LogP contribution in [-0.2, 0) is 4.74 Å². The van der Waals surface area contributed by atoms with Crippen LogP contribution in [0.1, 0.15) is 10.4 Å². The highest BCUT2D eigenvalue weighted by Gasteiger charge is 2.19. The van der Waals surface area contributed by atoms with E-state index in [-0.39, 0.29) is 0 Å².